The third-order valence-electron chi connectivity index (χ3n) is 2.82. The maximum absolute atomic E-state index is 11.7. The lowest BCUT2D eigenvalue weighted by molar-refractivity contribution is -0.150. The highest BCUT2D eigenvalue weighted by Gasteiger charge is 2.30. The fraction of sp³-hybridized carbons (Fsp3) is 0.818. The van der Waals surface area contributed by atoms with Crippen molar-refractivity contribution in [2.75, 3.05) is 20.2 Å². The van der Waals surface area contributed by atoms with Crippen molar-refractivity contribution in [1.82, 2.24) is 10.6 Å². The molecular weight excluding hydrogens is 208 g/mol. The van der Waals surface area contributed by atoms with Crippen LogP contribution in [0.25, 0.3) is 0 Å². The zero-order chi connectivity index (χ0) is 12.2. The number of methoxy groups -OCH3 is 1. The molecule has 0 saturated carbocycles. The molecule has 2 N–H and O–H groups in total. The van der Waals surface area contributed by atoms with Gasteiger partial charge in [-0.2, -0.15) is 0 Å². The minimum absolute atomic E-state index is 0.0329. The average Bonchev–Trinajstić information content (AvgIpc) is 2.78. The Labute approximate surface area is 95.9 Å². The monoisotopic (exact) mass is 228 g/mol. The Bertz CT molecular complexity index is 270. The lowest BCUT2D eigenvalue weighted by Gasteiger charge is -2.22. The van der Waals surface area contributed by atoms with Gasteiger partial charge < -0.3 is 15.4 Å². The van der Waals surface area contributed by atoms with E-state index < -0.39 is 5.41 Å². The van der Waals surface area contributed by atoms with Crippen LogP contribution >= 0.6 is 0 Å². The molecule has 5 heteroatoms. The first-order valence-electron chi connectivity index (χ1n) is 5.57. The van der Waals surface area contributed by atoms with Gasteiger partial charge >= 0.3 is 5.97 Å². The second-order valence-corrected chi connectivity index (χ2v) is 4.74. The van der Waals surface area contributed by atoms with E-state index in [1.807, 2.05) is 0 Å². The molecule has 92 valence electrons. The molecule has 0 aromatic heterocycles. The number of carbonyl (C=O) groups is 2. The molecule has 1 fully saturated rings. The van der Waals surface area contributed by atoms with Crippen LogP contribution in [-0.4, -0.2) is 38.1 Å². The normalized spacial score (nSPS) is 20.6. The van der Waals surface area contributed by atoms with Crippen LogP contribution in [0.4, 0.5) is 0 Å². The predicted molar refractivity (Wildman–Crippen MR) is 59.8 cm³/mol. The van der Waals surface area contributed by atoms with Crippen LogP contribution in [0, 0.1) is 5.41 Å². The van der Waals surface area contributed by atoms with Gasteiger partial charge in [0.2, 0.25) is 5.91 Å². The molecule has 1 aliphatic rings. The summed E-state index contributed by atoms with van der Waals surface area (Å²) in [6.07, 6.45) is 1.89. The Balaban J connectivity index is 2.38. The highest BCUT2D eigenvalue weighted by molar-refractivity contribution is 5.83. The summed E-state index contributed by atoms with van der Waals surface area (Å²) < 4.78 is 4.67. The zero-order valence-electron chi connectivity index (χ0n) is 10.1. The van der Waals surface area contributed by atoms with Crippen molar-refractivity contribution in [3.8, 4) is 0 Å². The maximum atomic E-state index is 11.7. The fourth-order valence-electron chi connectivity index (χ4n) is 1.69. The number of rotatable bonds is 4. The summed E-state index contributed by atoms with van der Waals surface area (Å²) >= 11 is 0. The number of amides is 1. The summed E-state index contributed by atoms with van der Waals surface area (Å²) in [5.74, 6) is -0.346. The Morgan fingerprint density at radius 2 is 2.19 bits per heavy atom. The van der Waals surface area contributed by atoms with E-state index in [4.69, 9.17) is 0 Å². The van der Waals surface area contributed by atoms with Crippen molar-refractivity contribution in [1.29, 1.82) is 0 Å². The van der Waals surface area contributed by atoms with Gasteiger partial charge in [0.15, 0.2) is 0 Å². The van der Waals surface area contributed by atoms with Gasteiger partial charge in [-0.25, -0.2) is 0 Å². The first-order valence-corrected chi connectivity index (χ1v) is 5.57. The molecule has 0 aliphatic carbocycles. The number of nitrogens with one attached hydrogen (secondary N) is 2. The van der Waals surface area contributed by atoms with E-state index in [-0.39, 0.29) is 17.9 Å². The second kappa shape index (κ2) is 5.30. The van der Waals surface area contributed by atoms with E-state index in [1.54, 1.807) is 13.8 Å². The molecule has 1 rings (SSSR count). The van der Waals surface area contributed by atoms with Crippen LogP contribution in [0.5, 0.6) is 0 Å². The number of hydrogen-bond acceptors (Lipinski definition) is 4. The Morgan fingerprint density at radius 3 is 2.69 bits per heavy atom. The summed E-state index contributed by atoms with van der Waals surface area (Å²) in [5, 5.41) is 5.89. The van der Waals surface area contributed by atoms with Crippen molar-refractivity contribution < 1.29 is 14.3 Å². The highest BCUT2D eigenvalue weighted by Crippen LogP contribution is 2.15. The Hall–Kier alpha value is -1.10. The van der Waals surface area contributed by atoms with Crippen molar-refractivity contribution in [2.24, 2.45) is 5.41 Å². The van der Waals surface area contributed by atoms with Gasteiger partial charge in [0, 0.05) is 6.54 Å². The van der Waals surface area contributed by atoms with Gasteiger partial charge in [-0.3, -0.25) is 9.59 Å². The summed E-state index contributed by atoms with van der Waals surface area (Å²) in [7, 11) is 1.35. The van der Waals surface area contributed by atoms with Crippen LogP contribution in [0.3, 0.4) is 0 Å². The molecule has 5 nitrogen and oxygen atoms in total. The molecule has 1 heterocycles. The Kier molecular flexibility index (Phi) is 4.29. The van der Waals surface area contributed by atoms with Crippen molar-refractivity contribution in [3.63, 3.8) is 0 Å². The van der Waals surface area contributed by atoms with Crippen LogP contribution < -0.4 is 10.6 Å². The third kappa shape index (κ3) is 3.20. The van der Waals surface area contributed by atoms with Crippen molar-refractivity contribution in [2.45, 2.75) is 32.7 Å². The van der Waals surface area contributed by atoms with Crippen molar-refractivity contribution >= 4 is 11.9 Å². The molecule has 1 saturated heterocycles. The number of hydrogen-bond donors (Lipinski definition) is 2. The predicted octanol–water partition coefficient (Wildman–Crippen LogP) is 0.0538. The molecule has 16 heavy (non-hydrogen) atoms. The molecule has 0 spiro atoms. The molecule has 0 unspecified atom stereocenters. The SMILES string of the molecule is COC(=O)C(C)(C)CNC(=O)[C@@H]1CCCN1. The van der Waals surface area contributed by atoms with Crippen molar-refractivity contribution in [3.05, 3.63) is 0 Å². The van der Waals surface area contributed by atoms with Crippen LogP contribution in [0.1, 0.15) is 26.7 Å². The third-order valence-corrected chi connectivity index (χ3v) is 2.82. The molecular formula is C11H20N2O3. The first kappa shape index (κ1) is 13.0. The van der Waals surface area contributed by atoms with Crippen LogP contribution in [0.2, 0.25) is 0 Å². The minimum Gasteiger partial charge on any atom is -0.469 e. The largest absolute Gasteiger partial charge is 0.469 e. The Morgan fingerprint density at radius 1 is 1.50 bits per heavy atom. The van der Waals surface area contributed by atoms with E-state index in [0.717, 1.165) is 19.4 Å². The quantitative estimate of drug-likeness (QED) is 0.667. The average molecular weight is 228 g/mol. The molecule has 0 aromatic carbocycles. The molecule has 0 radical (unpaired) electrons. The summed E-state index contributed by atoms with van der Waals surface area (Å²) in [6, 6.07) is -0.103. The number of ether oxygens (including phenoxy) is 1. The van der Waals surface area contributed by atoms with Gasteiger partial charge in [-0.1, -0.05) is 0 Å². The minimum atomic E-state index is -0.678. The molecule has 1 atom stereocenters. The fourth-order valence-corrected chi connectivity index (χ4v) is 1.69. The number of carbonyl (C=O) groups excluding carboxylic acids is 2. The molecule has 0 aromatic rings. The van der Waals surface area contributed by atoms with E-state index in [1.165, 1.54) is 7.11 Å². The van der Waals surface area contributed by atoms with E-state index in [9.17, 15) is 9.59 Å². The summed E-state index contributed by atoms with van der Waals surface area (Å²) in [4.78, 5) is 23.1. The standard InChI is InChI=1S/C11H20N2O3/c1-11(2,10(15)16-3)7-13-9(14)8-5-4-6-12-8/h8,12H,4-7H2,1-3H3,(H,13,14)/t8-/m0/s1. The van der Waals surface area contributed by atoms with E-state index in [2.05, 4.69) is 15.4 Å². The molecule has 0 bridgehead atoms. The first-order chi connectivity index (χ1) is 7.47. The van der Waals surface area contributed by atoms with Crippen LogP contribution in [0.15, 0.2) is 0 Å². The van der Waals surface area contributed by atoms with Gasteiger partial charge in [0.25, 0.3) is 0 Å². The smallest absolute Gasteiger partial charge is 0.313 e. The van der Waals surface area contributed by atoms with Gasteiger partial charge in [0.1, 0.15) is 0 Å². The zero-order valence-corrected chi connectivity index (χ0v) is 10.1. The maximum Gasteiger partial charge on any atom is 0.313 e. The van der Waals surface area contributed by atoms with Crippen LogP contribution in [-0.2, 0) is 14.3 Å². The highest BCUT2D eigenvalue weighted by atomic mass is 16.5. The molecule has 1 amide bonds. The lowest BCUT2D eigenvalue weighted by Crippen LogP contribution is -2.46. The van der Waals surface area contributed by atoms with Gasteiger partial charge in [0.05, 0.1) is 18.6 Å². The van der Waals surface area contributed by atoms with Gasteiger partial charge in [-0.05, 0) is 33.2 Å². The van der Waals surface area contributed by atoms with E-state index in [0.29, 0.717) is 6.54 Å². The lowest BCUT2D eigenvalue weighted by atomic mass is 9.93. The summed E-state index contributed by atoms with van der Waals surface area (Å²) in [6.45, 7) is 4.69. The summed E-state index contributed by atoms with van der Waals surface area (Å²) in [5.41, 5.74) is -0.678. The second-order valence-electron chi connectivity index (χ2n) is 4.74. The topological polar surface area (TPSA) is 67.4 Å². The number of esters is 1. The molecule has 1 aliphatic heterocycles. The van der Waals surface area contributed by atoms with Gasteiger partial charge in [-0.15, -0.1) is 0 Å². The van der Waals surface area contributed by atoms with E-state index >= 15 is 0 Å².